The maximum atomic E-state index is 12.7. The molecular formula is C22H20F3N3O2. The van der Waals surface area contributed by atoms with Crippen LogP contribution in [0.2, 0.25) is 0 Å². The van der Waals surface area contributed by atoms with E-state index in [-0.39, 0.29) is 24.2 Å². The summed E-state index contributed by atoms with van der Waals surface area (Å²) >= 11 is 0. The van der Waals surface area contributed by atoms with E-state index in [0.29, 0.717) is 16.9 Å². The molecule has 0 saturated heterocycles. The predicted molar refractivity (Wildman–Crippen MR) is 107 cm³/mol. The van der Waals surface area contributed by atoms with Gasteiger partial charge in [0.15, 0.2) is 12.4 Å². The zero-order valence-electron chi connectivity index (χ0n) is 16.5. The minimum absolute atomic E-state index is 0.162. The van der Waals surface area contributed by atoms with Crippen molar-refractivity contribution in [1.29, 1.82) is 0 Å². The fraction of sp³-hybridized carbons (Fsp3) is 0.227. The van der Waals surface area contributed by atoms with E-state index in [1.807, 2.05) is 25.1 Å². The van der Waals surface area contributed by atoms with Crippen LogP contribution in [0.25, 0.3) is 11.4 Å². The Labute approximate surface area is 171 Å². The van der Waals surface area contributed by atoms with Crippen LogP contribution < -0.4 is 10.1 Å². The third-order valence-corrected chi connectivity index (χ3v) is 4.27. The SMILES string of the molecule is CCc1cccc(NC(=O)COc2cc(C)nc(-c3ccc(C(F)(F)F)cc3)n2)c1. The van der Waals surface area contributed by atoms with Gasteiger partial charge in [0.1, 0.15) is 0 Å². The molecule has 2 aromatic carbocycles. The van der Waals surface area contributed by atoms with Crippen molar-refractivity contribution in [2.45, 2.75) is 26.4 Å². The number of carbonyl (C=O) groups is 1. The lowest BCUT2D eigenvalue weighted by molar-refractivity contribution is -0.137. The highest BCUT2D eigenvalue weighted by Gasteiger charge is 2.30. The highest BCUT2D eigenvalue weighted by Crippen LogP contribution is 2.30. The highest BCUT2D eigenvalue weighted by atomic mass is 19.4. The van der Waals surface area contributed by atoms with E-state index in [4.69, 9.17) is 4.74 Å². The molecule has 3 rings (SSSR count). The summed E-state index contributed by atoms with van der Waals surface area (Å²) in [5.41, 5.74) is 2.00. The molecule has 1 N–H and O–H groups in total. The first kappa shape index (κ1) is 21.3. The van der Waals surface area contributed by atoms with Crippen LogP contribution in [0.1, 0.15) is 23.7 Å². The lowest BCUT2D eigenvalue weighted by Gasteiger charge is -2.10. The van der Waals surface area contributed by atoms with Gasteiger partial charge >= 0.3 is 6.18 Å². The molecule has 0 atom stereocenters. The Morgan fingerprint density at radius 2 is 1.80 bits per heavy atom. The van der Waals surface area contributed by atoms with Crippen LogP contribution >= 0.6 is 0 Å². The van der Waals surface area contributed by atoms with Crippen LogP contribution in [-0.2, 0) is 17.4 Å². The topological polar surface area (TPSA) is 64.1 Å². The van der Waals surface area contributed by atoms with Crippen LogP contribution in [0.5, 0.6) is 5.88 Å². The minimum atomic E-state index is -4.41. The van der Waals surface area contributed by atoms with Crippen molar-refractivity contribution in [1.82, 2.24) is 9.97 Å². The van der Waals surface area contributed by atoms with E-state index in [2.05, 4.69) is 15.3 Å². The van der Waals surface area contributed by atoms with Gasteiger partial charge in [-0.1, -0.05) is 31.2 Å². The normalized spacial score (nSPS) is 11.2. The van der Waals surface area contributed by atoms with Gasteiger partial charge in [-0.15, -0.1) is 0 Å². The molecule has 0 bridgehead atoms. The molecule has 0 fully saturated rings. The van der Waals surface area contributed by atoms with Crippen LogP contribution in [0.3, 0.4) is 0 Å². The van der Waals surface area contributed by atoms with Crippen molar-refractivity contribution in [3.63, 3.8) is 0 Å². The van der Waals surface area contributed by atoms with E-state index in [0.717, 1.165) is 24.1 Å². The number of nitrogens with one attached hydrogen (secondary N) is 1. The largest absolute Gasteiger partial charge is 0.467 e. The van der Waals surface area contributed by atoms with Crippen molar-refractivity contribution in [2.24, 2.45) is 0 Å². The first-order chi connectivity index (χ1) is 14.2. The predicted octanol–water partition coefficient (Wildman–Crippen LogP) is 5.05. The van der Waals surface area contributed by atoms with Gasteiger partial charge in [0.05, 0.1) is 5.56 Å². The van der Waals surface area contributed by atoms with E-state index in [9.17, 15) is 18.0 Å². The fourth-order valence-electron chi connectivity index (χ4n) is 2.76. The van der Waals surface area contributed by atoms with Gasteiger partial charge in [0.25, 0.3) is 5.91 Å². The summed E-state index contributed by atoms with van der Waals surface area (Å²) in [5, 5.41) is 2.75. The average Bonchev–Trinajstić information content (AvgIpc) is 2.71. The number of rotatable bonds is 6. The van der Waals surface area contributed by atoms with Crippen molar-refractivity contribution in [3.8, 4) is 17.3 Å². The highest BCUT2D eigenvalue weighted by molar-refractivity contribution is 5.91. The summed E-state index contributed by atoms with van der Waals surface area (Å²) in [6, 6.07) is 13.6. The lowest BCUT2D eigenvalue weighted by atomic mass is 10.1. The number of aryl methyl sites for hydroxylation is 2. The number of ether oxygens (including phenoxy) is 1. The Morgan fingerprint density at radius 3 is 2.47 bits per heavy atom. The number of nitrogens with zero attached hydrogens (tertiary/aromatic N) is 2. The van der Waals surface area contributed by atoms with E-state index in [1.54, 1.807) is 19.1 Å². The van der Waals surface area contributed by atoms with Gasteiger partial charge in [-0.3, -0.25) is 4.79 Å². The first-order valence-corrected chi connectivity index (χ1v) is 9.29. The van der Waals surface area contributed by atoms with Gasteiger partial charge in [-0.25, -0.2) is 4.98 Å². The third kappa shape index (κ3) is 5.56. The second-order valence-corrected chi connectivity index (χ2v) is 6.64. The van der Waals surface area contributed by atoms with Crippen molar-refractivity contribution < 1.29 is 22.7 Å². The zero-order valence-corrected chi connectivity index (χ0v) is 16.5. The van der Waals surface area contributed by atoms with Crippen molar-refractivity contribution in [3.05, 3.63) is 71.4 Å². The Bertz CT molecular complexity index is 1030. The molecule has 5 nitrogen and oxygen atoms in total. The molecule has 0 unspecified atom stereocenters. The van der Waals surface area contributed by atoms with Gasteiger partial charge < -0.3 is 10.1 Å². The molecular weight excluding hydrogens is 395 g/mol. The molecule has 0 spiro atoms. The quantitative estimate of drug-likeness (QED) is 0.612. The Morgan fingerprint density at radius 1 is 1.07 bits per heavy atom. The second-order valence-electron chi connectivity index (χ2n) is 6.64. The minimum Gasteiger partial charge on any atom is -0.467 e. The maximum absolute atomic E-state index is 12.7. The fourth-order valence-corrected chi connectivity index (χ4v) is 2.76. The van der Waals surface area contributed by atoms with E-state index >= 15 is 0 Å². The smallest absolute Gasteiger partial charge is 0.416 e. The summed E-state index contributed by atoms with van der Waals surface area (Å²) in [4.78, 5) is 20.6. The van der Waals surface area contributed by atoms with Crippen LogP contribution in [0.4, 0.5) is 18.9 Å². The van der Waals surface area contributed by atoms with Crippen LogP contribution in [0.15, 0.2) is 54.6 Å². The monoisotopic (exact) mass is 415 g/mol. The molecule has 0 radical (unpaired) electrons. The molecule has 1 aromatic heterocycles. The number of hydrogen-bond acceptors (Lipinski definition) is 4. The summed E-state index contributed by atoms with van der Waals surface area (Å²) in [6.45, 7) is 3.47. The number of aromatic nitrogens is 2. The molecule has 1 amide bonds. The van der Waals surface area contributed by atoms with Crippen LogP contribution in [-0.4, -0.2) is 22.5 Å². The molecule has 0 saturated carbocycles. The molecule has 30 heavy (non-hydrogen) atoms. The van der Waals surface area contributed by atoms with Crippen molar-refractivity contribution >= 4 is 11.6 Å². The molecule has 0 aliphatic heterocycles. The van der Waals surface area contributed by atoms with Gasteiger partial charge in [0.2, 0.25) is 5.88 Å². The van der Waals surface area contributed by atoms with Crippen molar-refractivity contribution in [2.75, 3.05) is 11.9 Å². The number of anilines is 1. The number of alkyl halides is 3. The number of benzene rings is 2. The molecule has 156 valence electrons. The standard InChI is InChI=1S/C22H20F3N3O2/c1-3-15-5-4-6-18(12-15)27-19(29)13-30-20-11-14(2)26-21(28-20)16-7-9-17(10-8-16)22(23,24)25/h4-12H,3,13H2,1-2H3,(H,27,29). The summed E-state index contributed by atoms with van der Waals surface area (Å²) in [6.07, 6.45) is -3.56. The van der Waals surface area contributed by atoms with Gasteiger partial charge in [-0.2, -0.15) is 18.2 Å². The molecule has 3 aromatic rings. The third-order valence-electron chi connectivity index (χ3n) is 4.27. The zero-order chi connectivity index (χ0) is 21.7. The summed E-state index contributed by atoms with van der Waals surface area (Å²) < 4.78 is 43.7. The Kier molecular flexibility index (Phi) is 6.34. The van der Waals surface area contributed by atoms with Gasteiger partial charge in [-0.05, 0) is 43.2 Å². The van der Waals surface area contributed by atoms with Crippen LogP contribution in [0, 0.1) is 6.92 Å². The maximum Gasteiger partial charge on any atom is 0.416 e. The molecule has 0 aliphatic carbocycles. The van der Waals surface area contributed by atoms with E-state index < -0.39 is 11.7 Å². The second kappa shape index (κ2) is 8.94. The molecule has 0 aliphatic rings. The first-order valence-electron chi connectivity index (χ1n) is 9.29. The number of hydrogen-bond donors (Lipinski definition) is 1. The summed E-state index contributed by atoms with van der Waals surface area (Å²) in [7, 11) is 0. The Balaban J connectivity index is 1.68. The lowest BCUT2D eigenvalue weighted by Crippen LogP contribution is -2.20. The average molecular weight is 415 g/mol. The van der Waals surface area contributed by atoms with E-state index in [1.165, 1.54) is 12.1 Å². The molecule has 1 heterocycles. The summed E-state index contributed by atoms with van der Waals surface area (Å²) in [5.74, 6) is 0.0280. The Hall–Kier alpha value is -3.42. The van der Waals surface area contributed by atoms with Gasteiger partial charge in [0, 0.05) is 23.0 Å². The number of amides is 1. The number of carbonyl (C=O) groups excluding carboxylic acids is 1. The number of halogens is 3. The molecule has 8 heteroatoms.